The zero-order valence-electron chi connectivity index (χ0n) is 13.5. The molecule has 1 saturated heterocycles. The van der Waals surface area contributed by atoms with Gasteiger partial charge in [0.2, 0.25) is 0 Å². The molecule has 0 aliphatic carbocycles. The Balaban J connectivity index is 1.80. The Morgan fingerprint density at radius 2 is 1.96 bits per heavy atom. The molecule has 1 aliphatic rings. The second-order valence-corrected chi connectivity index (χ2v) is 7.45. The third kappa shape index (κ3) is 4.05. The summed E-state index contributed by atoms with van der Waals surface area (Å²) in [6, 6.07) is 12.0. The van der Waals surface area contributed by atoms with Crippen molar-refractivity contribution in [1.29, 1.82) is 0 Å². The SMILES string of the molecule is O=C(NCC1(c2ccccc2Cl)CCOCC1)c1ccc(Br)c(F)c1. The van der Waals surface area contributed by atoms with E-state index in [0.717, 1.165) is 18.4 Å². The number of amides is 1. The number of halogens is 3. The lowest BCUT2D eigenvalue weighted by Gasteiger charge is -2.38. The van der Waals surface area contributed by atoms with Crippen LogP contribution in [-0.4, -0.2) is 25.7 Å². The molecule has 132 valence electrons. The van der Waals surface area contributed by atoms with Gasteiger partial charge in [-0.2, -0.15) is 0 Å². The molecule has 2 aromatic rings. The first kappa shape index (κ1) is 18.4. The molecule has 1 fully saturated rings. The molecule has 0 saturated carbocycles. The Morgan fingerprint density at radius 3 is 2.64 bits per heavy atom. The summed E-state index contributed by atoms with van der Waals surface area (Å²) in [5.74, 6) is -0.760. The van der Waals surface area contributed by atoms with Gasteiger partial charge in [-0.15, -0.1) is 0 Å². The normalized spacial score (nSPS) is 16.4. The number of carbonyl (C=O) groups excluding carboxylic acids is 1. The summed E-state index contributed by atoms with van der Waals surface area (Å²) in [6.07, 6.45) is 1.54. The summed E-state index contributed by atoms with van der Waals surface area (Å²) in [5, 5.41) is 3.64. The van der Waals surface area contributed by atoms with Gasteiger partial charge in [-0.3, -0.25) is 4.79 Å². The molecule has 0 aromatic heterocycles. The topological polar surface area (TPSA) is 38.3 Å². The first-order valence-electron chi connectivity index (χ1n) is 8.08. The van der Waals surface area contributed by atoms with Crippen molar-refractivity contribution in [3.63, 3.8) is 0 Å². The van der Waals surface area contributed by atoms with Gasteiger partial charge in [0.15, 0.2) is 0 Å². The third-order valence-electron chi connectivity index (χ3n) is 4.66. The molecule has 0 bridgehead atoms. The van der Waals surface area contributed by atoms with Crippen molar-refractivity contribution >= 4 is 33.4 Å². The molecule has 0 atom stereocenters. The van der Waals surface area contributed by atoms with E-state index in [1.54, 1.807) is 6.07 Å². The maximum Gasteiger partial charge on any atom is 0.251 e. The van der Waals surface area contributed by atoms with Gasteiger partial charge in [0.25, 0.3) is 5.91 Å². The van der Waals surface area contributed by atoms with Crippen molar-refractivity contribution in [3.8, 4) is 0 Å². The highest BCUT2D eigenvalue weighted by molar-refractivity contribution is 9.10. The van der Waals surface area contributed by atoms with Crippen molar-refractivity contribution < 1.29 is 13.9 Å². The Morgan fingerprint density at radius 1 is 1.24 bits per heavy atom. The molecule has 2 aromatic carbocycles. The van der Waals surface area contributed by atoms with Crippen LogP contribution in [0.5, 0.6) is 0 Å². The van der Waals surface area contributed by atoms with E-state index in [1.807, 2.05) is 24.3 Å². The Labute approximate surface area is 159 Å². The lowest BCUT2D eigenvalue weighted by molar-refractivity contribution is 0.0487. The van der Waals surface area contributed by atoms with Gasteiger partial charge in [-0.25, -0.2) is 4.39 Å². The maximum atomic E-state index is 13.7. The van der Waals surface area contributed by atoms with E-state index in [0.29, 0.717) is 34.8 Å². The predicted molar refractivity (Wildman–Crippen MR) is 99.6 cm³/mol. The minimum absolute atomic E-state index is 0.278. The van der Waals surface area contributed by atoms with E-state index in [1.165, 1.54) is 12.1 Å². The molecule has 3 nitrogen and oxygen atoms in total. The lowest BCUT2D eigenvalue weighted by atomic mass is 9.74. The van der Waals surface area contributed by atoms with Crippen molar-refractivity contribution in [2.45, 2.75) is 18.3 Å². The Hall–Kier alpha value is -1.43. The van der Waals surface area contributed by atoms with Gasteiger partial charge in [-0.1, -0.05) is 29.8 Å². The number of hydrogen-bond acceptors (Lipinski definition) is 2. The van der Waals surface area contributed by atoms with E-state index in [9.17, 15) is 9.18 Å². The van der Waals surface area contributed by atoms with Gasteiger partial charge in [-0.05, 0) is 58.6 Å². The van der Waals surface area contributed by atoms with Gasteiger partial charge >= 0.3 is 0 Å². The van der Waals surface area contributed by atoms with Crippen LogP contribution >= 0.6 is 27.5 Å². The number of benzene rings is 2. The summed E-state index contributed by atoms with van der Waals surface area (Å²) in [6.45, 7) is 1.67. The molecule has 3 rings (SSSR count). The summed E-state index contributed by atoms with van der Waals surface area (Å²) in [7, 11) is 0. The zero-order valence-corrected chi connectivity index (χ0v) is 15.9. The maximum absolute atomic E-state index is 13.7. The van der Waals surface area contributed by atoms with E-state index >= 15 is 0 Å². The molecule has 1 N–H and O–H groups in total. The number of carbonyl (C=O) groups is 1. The van der Waals surface area contributed by atoms with Gasteiger partial charge in [0, 0.05) is 35.8 Å². The molecule has 0 spiro atoms. The van der Waals surface area contributed by atoms with Crippen LogP contribution < -0.4 is 5.32 Å². The van der Waals surface area contributed by atoms with Crippen LogP contribution in [0.15, 0.2) is 46.9 Å². The van der Waals surface area contributed by atoms with Gasteiger partial charge in [0.05, 0.1) is 4.47 Å². The summed E-state index contributed by atoms with van der Waals surface area (Å²) in [4.78, 5) is 12.5. The van der Waals surface area contributed by atoms with E-state index in [-0.39, 0.29) is 11.3 Å². The highest BCUT2D eigenvalue weighted by Gasteiger charge is 2.36. The van der Waals surface area contributed by atoms with Crippen molar-refractivity contribution in [3.05, 3.63) is 68.9 Å². The van der Waals surface area contributed by atoms with Crippen molar-refractivity contribution in [1.82, 2.24) is 5.32 Å². The third-order valence-corrected chi connectivity index (χ3v) is 5.64. The van der Waals surface area contributed by atoms with E-state index in [2.05, 4.69) is 21.2 Å². The number of hydrogen-bond donors (Lipinski definition) is 1. The predicted octanol–water partition coefficient (Wildman–Crippen LogP) is 4.72. The fourth-order valence-corrected chi connectivity index (χ4v) is 3.77. The molecule has 1 aliphatic heterocycles. The average Bonchev–Trinajstić information content (AvgIpc) is 2.63. The summed E-state index contributed by atoms with van der Waals surface area (Å²) < 4.78 is 19.5. The second kappa shape index (κ2) is 7.85. The van der Waals surface area contributed by atoms with Crippen LogP contribution in [0.3, 0.4) is 0 Å². The quantitative estimate of drug-likeness (QED) is 0.768. The number of rotatable bonds is 4. The van der Waals surface area contributed by atoms with Crippen LogP contribution in [-0.2, 0) is 10.2 Å². The molecule has 1 heterocycles. The minimum atomic E-state index is -0.459. The van der Waals surface area contributed by atoms with Crippen LogP contribution in [0.25, 0.3) is 0 Å². The lowest BCUT2D eigenvalue weighted by Crippen LogP contribution is -2.44. The van der Waals surface area contributed by atoms with E-state index in [4.69, 9.17) is 16.3 Å². The Kier molecular flexibility index (Phi) is 5.77. The molecule has 0 radical (unpaired) electrons. The van der Waals surface area contributed by atoms with Crippen molar-refractivity contribution in [2.75, 3.05) is 19.8 Å². The first-order chi connectivity index (χ1) is 12.0. The van der Waals surface area contributed by atoms with Crippen LogP contribution in [0.2, 0.25) is 5.02 Å². The fraction of sp³-hybridized carbons (Fsp3) is 0.316. The zero-order chi connectivity index (χ0) is 17.9. The smallest absolute Gasteiger partial charge is 0.251 e. The minimum Gasteiger partial charge on any atom is -0.381 e. The summed E-state index contributed by atoms with van der Waals surface area (Å²) in [5.41, 5.74) is 1.03. The molecular weight excluding hydrogens is 409 g/mol. The monoisotopic (exact) mass is 425 g/mol. The molecule has 1 amide bonds. The highest BCUT2D eigenvalue weighted by Crippen LogP contribution is 2.38. The highest BCUT2D eigenvalue weighted by atomic mass is 79.9. The molecule has 25 heavy (non-hydrogen) atoms. The molecule has 6 heteroatoms. The van der Waals surface area contributed by atoms with Gasteiger partial charge < -0.3 is 10.1 Å². The fourth-order valence-electron chi connectivity index (χ4n) is 3.18. The molecule has 0 unspecified atom stereocenters. The second-order valence-electron chi connectivity index (χ2n) is 6.18. The van der Waals surface area contributed by atoms with E-state index < -0.39 is 5.82 Å². The number of nitrogens with one attached hydrogen (secondary N) is 1. The number of ether oxygens (including phenoxy) is 1. The first-order valence-corrected chi connectivity index (χ1v) is 9.25. The Bertz CT molecular complexity index is 778. The standard InChI is InChI=1S/C19H18BrClFNO2/c20-15-6-5-13(11-17(15)22)18(24)23-12-19(7-9-25-10-8-19)14-3-1-2-4-16(14)21/h1-6,11H,7-10,12H2,(H,23,24). The van der Waals surface area contributed by atoms with Gasteiger partial charge in [0.1, 0.15) is 5.82 Å². The molecular formula is C19H18BrClFNO2. The average molecular weight is 427 g/mol. The van der Waals surface area contributed by atoms with Crippen LogP contribution in [0, 0.1) is 5.82 Å². The largest absolute Gasteiger partial charge is 0.381 e. The van der Waals surface area contributed by atoms with Crippen LogP contribution in [0.4, 0.5) is 4.39 Å². The summed E-state index contributed by atoms with van der Waals surface area (Å²) >= 11 is 9.50. The van der Waals surface area contributed by atoms with Crippen molar-refractivity contribution in [2.24, 2.45) is 0 Å². The van der Waals surface area contributed by atoms with Crippen LogP contribution in [0.1, 0.15) is 28.8 Å².